The van der Waals surface area contributed by atoms with Gasteiger partial charge in [0, 0.05) is 23.6 Å². The van der Waals surface area contributed by atoms with Crippen LogP contribution in [0.5, 0.6) is 5.75 Å². The van der Waals surface area contributed by atoms with Gasteiger partial charge in [0.2, 0.25) is 0 Å². The number of thioether (sulfide) groups is 2. The highest BCUT2D eigenvalue weighted by molar-refractivity contribution is 8.18. The minimum Gasteiger partial charge on any atom is -0.497 e. The lowest BCUT2D eigenvalue weighted by atomic mass is 10.0. The van der Waals surface area contributed by atoms with Crippen LogP contribution in [0.4, 0.5) is 11.4 Å². The summed E-state index contributed by atoms with van der Waals surface area (Å²) in [6.45, 7) is 7.55. The number of carbonyl (C=O) groups excluding carboxylic acids is 1. The van der Waals surface area contributed by atoms with E-state index in [4.69, 9.17) is 9.73 Å². The average molecular weight is 528 g/mol. The summed E-state index contributed by atoms with van der Waals surface area (Å²) in [6.07, 6.45) is 2.15. The van der Waals surface area contributed by atoms with Crippen LogP contribution in [0.2, 0.25) is 0 Å². The van der Waals surface area contributed by atoms with Gasteiger partial charge in [0.1, 0.15) is 5.75 Å². The maximum absolute atomic E-state index is 13.7. The molecule has 3 aromatic carbocycles. The van der Waals surface area contributed by atoms with Crippen molar-refractivity contribution in [2.75, 3.05) is 25.1 Å². The predicted molar refractivity (Wildman–Crippen MR) is 157 cm³/mol. The fourth-order valence-corrected chi connectivity index (χ4v) is 6.74. The second-order valence-electron chi connectivity index (χ2n) is 8.66. The minimum atomic E-state index is -0.0140. The lowest BCUT2D eigenvalue weighted by Gasteiger charge is -2.19. The maximum atomic E-state index is 13.7. The third kappa shape index (κ3) is 5.06. The summed E-state index contributed by atoms with van der Waals surface area (Å²) in [4.78, 5) is 24.5. The highest BCUT2D eigenvalue weighted by atomic mass is 32.2. The number of hydrogen-bond donors (Lipinski definition) is 0. The Morgan fingerprint density at radius 3 is 2.43 bits per heavy atom. The topological polar surface area (TPSA) is 45.1 Å². The summed E-state index contributed by atoms with van der Waals surface area (Å²) in [5.41, 5.74) is 5.05. The first kappa shape index (κ1) is 25.2. The van der Waals surface area contributed by atoms with Crippen LogP contribution in [0.3, 0.4) is 0 Å². The molecule has 0 N–H and O–H groups in total. The summed E-state index contributed by atoms with van der Waals surface area (Å²) >= 11 is 3.15. The number of hydrogen-bond acceptors (Lipinski definition) is 6. The Bertz CT molecular complexity index is 1430. The summed E-state index contributed by atoms with van der Waals surface area (Å²) < 4.78 is 5.45. The first-order chi connectivity index (χ1) is 18.0. The molecule has 1 fully saturated rings. The van der Waals surface area contributed by atoms with Crippen molar-refractivity contribution >= 4 is 51.5 Å². The average Bonchev–Trinajstić information content (AvgIpc) is 3.42. The van der Waals surface area contributed by atoms with Gasteiger partial charge in [-0.3, -0.25) is 9.69 Å². The molecular weight excluding hydrogens is 498 g/mol. The van der Waals surface area contributed by atoms with E-state index in [9.17, 15) is 4.79 Å². The number of aryl methyl sites for hydroxylation is 1. The Balaban J connectivity index is 1.62. The number of allylic oxidation sites excluding steroid dienone is 2. The molecule has 0 saturated carbocycles. The molecule has 37 heavy (non-hydrogen) atoms. The molecule has 2 aliphatic rings. The van der Waals surface area contributed by atoms with Crippen LogP contribution in [0.25, 0.3) is 5.57 Å². The Labute approximate surface area is 226 Å². The van der Waals surface area contributed by atoms with E-state index in [0.717, 1.165) is 50.3 Å². The zero-order valence-corrected chi connectivity index (χ0v) is 23.0. The second-order valence-corrected chi connectivity index (χ2v) is 10.7. The molecule has 1 saturated heterocycles. The molecule has 0 bridgehead atoms. The first-order valence-corrected chi connectivity index (χ1v) is 14.0. The van der Waals surface area contributed by atoms with Crippen molar-refractivity contribution < 1.29 is 9.53 Å². The summed E-state index contributed by atoms with van der Waals surface area (Å²) in [7, 11) is 1.69. The van der Waals surface area contributed by atoms with E-state index < -0.39 is 0 Å². The van der Waals surface area contributed by atoms with E-state index in [1.54, 1.807) is 23.8 Å². The van der Waals surface area contributed by atoms with E-state index in [1.807, 2.05) is 62.4 Å². The van der Waals surface area contributed by atoms with E-state index >= 15 is 0 Å². The first-order valence-electron chi connectivity index (χ1n) is 12.3. The maximum Gasteiger partial charge on any atom is 0.267 e. The molecule has 188 valence electrons. The number of benzene rings is 3. The van der Waals surface area contributed by atoms with Gasteiger partial charge < -0.3 is 9.64 Å². The van der Waals surface area contributed by atoms with Crippen molar-refractivity contribution in [1.82, 2.24) is 4.90 Å². The fourth-order valence-electron chi connectivity index (χ4n) is 4.41. The van der Waals surface area contributed by atoms with Gasteiger partial charge in [-0.25, -0.2) is 4.99 Å². The van der Waals surface area contributed by atoms with Gasteiger partial charge in [-0.05, 0) is 80.1 Å². The molecular formula is C30H29N3O2S2. The van der Waals surface area contributed by atoms with E-state index in [0.29, 0.717) is 16.6 Å². The number of carbonyl (C=O) groups is 1. The molecule has 0 unspecified atom stereocenters. The molecule has 0 atom stereocenters. The van der Waals surface area contributed by atoms with Crippen LogP contribution in [0.15, 0.2) is 98.7 Å². The van der Waals surface area contributed by atoms with Crippen LogP contribution < -0.4 is 9.64 Å². The third-order valence-electron chi connectivity index (χ3n) is 6.26. The van der Waals surface area contributed by atoms with Crippen molar-refractivity contribution in [3.8, 4) is 5.75 Å². The molecule has 0 aromatic heterocycles. The van der Waals surface area contributed by atoms with Gasteiger partial charge in [0.15, 0.2) is 5.17 Å². The van der Waals surface area contributed by atoms with Crippen LogP contribution >= 0.6 is 23.5 Å². The van der Waals surface area contributed by atoms with E-state index in [1.165, 1.54) is 11.8 Å². The van der Waals surface area contributed by atoms with Crippen molar-refractivity contribution in [3.05, 3.63) is 99.9 Å². The van der Waals surface area contributed by atoms with Gasteiger partial charge >= 0.3 is 0 Å². The number of likely N-dealkylation sites (N-methyl/N-ethyl adjacent to an activating group) is 1. The molecule has 2 heterocycles. The SMILES string of the molecule is CCN1C(=O)C(=C(C=C2Sc3cc(OC)ccc3N2CC)c2ccccc2)SC1=Nc1cccc(C)c1. The van der Waals surface area contributed by atoms with Crippen LogP contribution in [-0.2, 0) is 4.79 Å². The molecule has 0 aliphatic carbocycles. The third-order valence-corrected chi connectivity index (χ3v) is 8.45. The number of fused-ring (bicyclic) bond motifs is 1. The van der Waals surface area contributed by atoms with Crippen molar-refractivity contribution in [1.29, 1.82) is 0 Å². The quantitative estimate of drug-likeness (QED) is 0.311. The molecule has 5 rings (SSSR count). The number of ether oxygens (including phenoxy) is 1. The summed E-state index contributed by atoms with van der Waals surface area (Å²) in [5.74, 6) is 0.821. The molecule has 0 spiro atoms. The van der Waals surface area contributed by atoms with Gasteiger partial charge in [-0.1, -0.05) is 54.2 Å². The van der Waals surface area contributed by atoms with Gasteiger partial charge in [-0.2, -0.15) is 0 Å². The highest BCUT2D eigenvalue weighted by Crippen LogP contribution is 2.49. The second kappa shape index (κ2) is 10.9. The van der Waals surface area contributed by atoms with Crippen LogP contribution in [0.1, 0.15) is 25.0 Å². The van der Waals surface area contributed by atoms with Gasteiger partial charge in [0.25, 0.3) is 5.91 Å². The molecule has 7 heteroatoms. The monoisotopic (exact) mass is 527 g/mol. The number of amides is 1. The van der Waals surface area contributed by atoms with Crippen molar-refractivity contribution in [2.24, 2.45) is 4.99 Å². The smallest absolute Gasteiger partial charge is 0.267 e. The molecule has 1 amide bonds. The Kier molecular flexibility index (Phi) is 7.44. The zero-order valence-electron chi connectivity index (χ0n) is 21.4. The highest BCUT2D eigenvalue weighted by Gasteiger charge is 2.35. The van der Waals surface area contributed by atoms with Crippen LogP contribution in [-0.4, -0.2) is 36.2 Å². The van der Waals surface area contributed by atoms with Gasteiger partial charge in [0.05, 0.1) is 28.4 Å². The minimum absolute atomic E-state index is 0.0140. The summed E-state index contributed by atoms with van der Waals surface area (Å²) in [6, 6.07) is 24.3. The Morgan fingerprint density at radius 2 is 1.73 bits per heavy atom. The van der Waals surface area contributed by atoms with Gasteiger partial charge in [-0.15, -0.1) is 0 Å². The molecule has 5 nitrogen and oxygen atoms in total. The lowest BCUT2D eigenvalue weighted by Crippen LogP contribution is -2.28. The molecule has 0 radical (unpaired) electrons. The van der Waals surface area contributed by atoms with Crippen molar-refractivity contribution in [3.63, 3.8) is 0 Å². The molecule has 2 aliphatic heterocycles. The number of amidine groups is 1. The number of methoxy groups -OCH3 is 1. The van der Waals surface area contributed by atoms with Crippen molar-refractivity contribution in [2.45, 2.75) is 25.7 Å². The Hall–Kier alpha value is -3.42. The summed E-state index contributed by atoms with van der Waals surface area (Å²) in [5, 5.41) is 1.79. The Morgan fingerprint density at radius 1 is 0.946 bits per heavy atom. The number of rotatable bonds is 6. The number of anilines is 1. The number of aliphatic imine (C=N–C) groups is 1. The predicted octanol–water partition coefficient (Wildman–Crippen LogP) is 7.47. The van der Waals surface area contributed by atoms with E-state index in [2.05, 4.69) is 42.2 Å². The zero-order chi connectivity index (χ0) is 25.9. The lowest BCUT2D eigenvalue weighted by molar-refractivity contribution is -0.122. The number of nitrogens with zero attached hydrogens (tertiary/aromatic N) is 3. The largest absolute Gasteiger partial charge is 0.497 e. The standard InChI is InChI=1S/C30H29N3O2S2/c1-5-32-25-16-15-23(35-4)18-26(25)36-27(32)19-24(21-12-8-7-9-13-21)28-29(34)33(6-2)30(37-28)31-22-14-10-11-20(3)17-22/h7-19H,5-6H2,1-4H3. The van der Waals surface area contributed by atoms with Crippen LogP contribution in [0, 0.1) is 6.92 Å². The normalized spacial score (nSPS) is 18.6. The van der Waals surface area contributed by atoms with E-state index in [-0.39, 0.29) is 5.91 Å². The fraction of sp³-hybridized carbons (Fsp3) is 0.200. The molecule has 3 aromatic rings.